The number of sulfonamides is 1. The van der Waals surface area contributed by atoms with Crippen LogP contribution in [0.1, 0.15) is 31.7 Å². The van der Waals surface area contributed by atoms with Crippen molar-refractivity contribution < 1.29 is 8.42 Å². The Bertz CT molecular complexity index is 496. The van der Waals surface area contributed by atoms with Gasteiger partial charge in [-0.1, -0.05) is 18.6 Å². The number of benzene rings is 1. The Morgan fingerprint density at radius 1 is 1.28 bits per heavy atom. The van der Waals surface area contributed by atoms with Gasteiger partial charge in [-0.05, 0) is 37.5 Å². The quantitative estimate of drug-likeness (QED) is 0.907. The average molecular weight is 268 g/mol. The van der Waals surface area contributed by atoms with Gasteiger partial charge in [-0.15, -0.1) is 0 Å². The zero-order valence-electron chi connectivity index (χ0n) is 10.7. The number of hydrogen-bond acceptors (Lipinski definition) is 3. The fourth-order valence-electron chi connectivity index (χ4n) is 2.36. The fourth-order valence-corrected chi connectivity index (χ4v) is 4.06. The normalized spacial score (nSPS) is 22.0. The van der Waals surface area contributed by atoms with Crippen LogP contribution in [0.25, 0.3) is 0 Å². The molecule has 0 aromatic heterocycles. The molecule has 0 aliphatic carbocycles. The molecule has 1 aromatic rings. The number of rotatable bonds is 3. The standard InChI is InChI=1S/C13H20N2O2S/c1-11-4-2-3-9-15(11)18(16,17)13-7-5-12(10-14)6-8-13/h5-8,11H,2-4,9-10,14H2,1H3/t11-/m1/s1. The summed E-state index contributed by atoms with van der Waals surface area (Å²) in [6.45, 7) is 3.04. The summed E-state index contributed by atoms with van der Waals surface area (Å²) < 4.78 is 26.6. The molecule has 1 saturated heterocycles. The molecule has 1 aromatic carbocycles. The minimum absolute atomic E-state index is 0.0953. The first kappa shape index (κ1) is 13.5. The van der Waals surface area contributed by atoms with Crippen LogP contribution in [-0.2, 0) is 16.6 Å². The Balaban J connectivity index is 2.28. The lowest BCUT2D eigenvalue weighted by Crippen LogP contribution is -2.41. The van der Waals surface area contributed by atoms with E-state index < -0.39 is 10.0 Å². The zero-order chi connectivity index (χ0) is 13.2. The molecule has 2 N–H and O–H groups in total. The van der Waals surface area contributed by atoms with E-state index in [9.17, 15) is 8.42 Å². The molecule has 0 radical (unpaired) electrons. The number of piperidine rings is 1. The lowest BCUT2D eigenvalue weighted by Gasteiger charge is -2.32. The van der Waals surface area contributed by atoms with Crippen molar-refractivity contribution in [2.75, 3.05) is 6.54 Å². The third kappa shape index (κ3) is 2.58. The summed E-state index contributed by atoms with van der Waals surface area (Å²) in [6, 6.07) is 6.96. The first-order valence-corrected chi connectivity index (χ1v) is 7.80. The molecule has 2 rings (SSSR count). The van der Waals surface area contributed by atoms with Gasteiger partial charge in [-0.2, -0.15) is 4.31 Å². The molecule has 1 aliphatic rings. The van der Waals surface area contributed by atoms with E-state index in [1.165, 1.54) is 0 Å². The van der Waals surface area contributed by atoms with Gasteiger partial charge < -0.3 is 5.73 Å². The summed E-state index contributed by atoms with van der Waals surface area (Å²) in [5.41, 5.74) is 6.46. The van der Waals surface area contributed by atoms with E-state index >= 15 is 0 Å². The van der Waals surface area contributed by atoms with Gasteiger partial charge in [0.1, 0.15) is 0 Å². The molecule has 0 bridgehead atoms. The number of hydrogen-bond donors (Lipinski definition) is 1. The molecule has 18 heavy (non-hydrogen) atoms. The minimum Gasteiger partial charge on any atom is -0.326 e. The predicted molar refractivity (Wildman–Crippen MR) is 71.5 cm³/mol. The summed E-state index contributed by atoms with van der Waals surface area (Å²) >= 11 is 0. The smallest absolute Gasteiger partial charge is 0.243 e. The maximum absolute atomic E-state index is 12.5. The van der Waals surface area contributed by atoms with Crippen molar-refractivity contribution in [1.82, 2.24) is 4.31 Å². The lowest BCUT2D eigenvalue weighted by atomic mass is 10.1. The Labute approximate surface area is 109 Å². The molecule has 1 aliphatic heterocycles. The van der Waals surface area contributed by atoms with Gasteiger partial charge in [0.2, 0.25) is 10.0 Å². The first-order valence-electron chi connectivity index (χ1n) is 6.36. The highest BCUT2D eigenvalue weighted by Gasteiger charge is 2.30. The second-order valence-corrected chi connectivity index (χ2v) is 6.70. The fraction of sp³-hybridized carbons (Fsp3) is 0.538. The monoisotopic (exact) mass is 268 g/mol. The first-order chi connectivity index (χ1) is 8.55. The molecule has 1 fully saturated rings. The van der Waals surface area contributed by atoms with Crippen LogP contribution in [0.2, 0.25) is 0 Å². The van der Waals surface area contributed by atoms with Crippen LogP contribution < -0.4 is 5.73 Å². The summed E-state index contributed by atoms with van der Waals surface area (Å²) in [4.78, 5) is 0.369. The number of nitrogens with two attached hydrogens (primary N) is 1. The highest BCUT2D eigenvalue weighted by Crippen LogP contribution is 2.25. The maximum Gasteiger partial charge on any atom is 0.243 e. The second-order valence-electron chi connectivity index (χ2n) is 4.81. The molecule has 100 valence electrons. The number of nitrogens with zero attached hydrogens (tertiary/aromatic N) is 1. The van der Waals surface area contributed by atoms with Crippen LogP contribution in [0.4, 0.5) is 0 Å². The predicted octanol–water partition coefficient (Wildman–Crippen LogP) is 1.71. The van der Waals surface area contributed by atoms with E-state index in [4.69, 9.17) is 5.73 Å². The Morgan fingerprint density at radius 3 is 2.50 bits per heavy atom. The van der Waals surface area contributed by atoms with Gasteiger partial charge >= 0.3 is 0 Å². The van der Waals surface area contributed by atoms with Crippen molar-refractivity contribution in [2.45, 2.75) is 43.7 Å². The molecule has 1 heterocycles. The van der Waals surface area contributed by atoms with Gasteiger partial charge in [0.25, 0.3) is 0 Å². The summed E-state index contributed by atoms with van der Waals surface area (Å²) in [5.74, 6) is 0. The van der Waals surface area contributed by atoms with Gasteiger partial charge in [0.15, 0.2) is 0 Å². The van der Waals surface area contributed by atoms with E-state index in [2.05, 4.69) is 0 Å². The lowest BCUT2D eigenvalue weighted by molar-refractivity contribution is 0.268. The Hall–Kier alpha value is -0.910. The van der Waals surface area contributed by atoms with Gasteiger partial charge in [0, 0.05) is 19.1 Å². The second kappa shape index (κ2) is 5.38. The Kier molecular flexibility index (Phi) is 4.04. The summed E-state index contributed by atoms with van der Waals surface area (Å²) in [7, 11) is -3.34. The zero-order valence-corrected chi connectivity index (χ0v) is 11.5. The van der Waals surface area contributed by atoms with Crippen LogP contribution in [-0.4, -0.2) is 25.3 Å². The van der Waals surface area contributed by atoms with Crippen molar-refractivity contribution in [3.05, 3.63) is 29.8 Å². The van der Waals surface area contributed by atoms with Crippen LogP contribution in [0.3, 0.4) is 0 Å². The molecule has 0 amide bonds. The van der Waals surface area contributed by atoms with Gasteiger partial charge in [0.05, 0.1) is 4.90 Å². The van der Waals surface area contributed by atoms with E-state index in [1.54, 1.807) is 28.6 Å². The molecular formula is C13H20N2O2S. The topological polar surface area (TPSA) is 63.4 Å². The van der Waals surface area contributed by atoms with Crippen molar-refractivity contribution >= 4 is 10.0 Å². The van der Waals surface area contributed by atoms with E-state index in [1.807, 2.05) is 6.92 Å². The van der Waals surface area contributed by atoms with E-state index in [-0.39, 0.29) is 6.04 Å². The highest BCUT2D eigenvalue weighted by atomic mass is 32.2. The van der Waals surface area contributed by atoms with Gasteiger partial charge in [-0.3, -0.25) is 0 Å². The summed E-state index contributed by atoms with van der Waals surface area (Å²) in [5, 5.41) is 0. The minimum atomic E-state index is -3.34. The van der Waals surface area contributed by atoms with E-state index in [0.29, 0.717) is 18.0 Å². The third-order valence-electron chi connectivity index (χ3n) is 3.51. The van der Waals surface area contributed by atoms with Crippen molar-refractivity contribution in [3.8, 4) is 0 Å². The van der Waals surface area contributed by atoms with Crippen LogP contribution in [0.5, 0.6) is 0 Å². The Morgan fingerprint density at radius 2 is 1.94 bits per heavy atom. The van der Waals surface area contributed by atoms with E-state index in [0.717, 1.165) is 24.8 Å². The largest absolute Gasteiger partial charge is 0.326 e. The van der Waals surface area contributed by atoms with Crippen molar-refractivity contribution in [3.63, 3.8) is 0 Å². The molecule has 5 heteroatoms. The molecule has 0 spiro atoms. The molecule has 0 saturated carbocycles. The molecule has 1 atom stereocenters. The van der Waals surface area contributed by atoms with Crippen LogP contribution >= 0.6 is 0 Å². The van der Waals surface area contributed by atoms with Crippen LogP contribution in [0.15, 0.2) is 29.2 Å². The average Bonchev–Trinajstić information content (AvgIpc) is 2.39. The molecule has 4 nitrogen and oxygen atoms in total. The molecular weight excluding hydrogens is 248 g/mol. The van der Waals surface area contributed by atoms with Gasteiger partial charge in [-0.25, -0.2) is 8.42 Å². The third-order valence-corrected chi connectivity index (χ3v) is 5.54. The summed E-state index contributed by atoms with van der Waals surface area (Å²) in [6.07, 6.45) is 3.00. The highest BCUT2D eigenvalue weighted by molar-refractivity contribution is 7.89. The van der Waals surface area contributed by atoms with Crippen molar-refractivity contribution in [1.29, 1.82) is 0 Å². The van der Waals surface area contributed by atoms with Crippen molar-refractivity contribution in [2.24, 2.45) is 5.73 Å². The SMILES string of the molecule is C[C@@H]1CCCCN1S(=O)(=O)c1ccc(CN)cc1. The van der Waals surface area contributed by atoms with Crippen LogP contribution in [0, 0.1) is 0 Å². The molecule has 0 unspecified atom stereocenters. The maximum atomic E-state index is 12.5.